The smallest absolute Gasteiger partial charge is 0.239 e. The first-order valence-corrected chi connectivity index (χ1v) is 5.61. The number of alkyl halides is 1. The third kappa shape index (κ3) is 3.22. The van der Waals surface area contributed by atoms with Crippen molar-refractivity contribution in [1.82, 2.24) is 0 Å². The van der Waals surface area contributed by atoms with Gasteiger partial charge in [0.1, 0.15) is 5.88 Å². The molecule has 0 heterocycles. The van der Waals surface area contributed by atoms with Gasteiger partial charge in [0, 0.05) is 18.4 Å². The summed E-state index contributed by atoms with van der Waals surface area (Å²) in [5.74, 6) is -0.260. The number of aryl methyl sites for hydroxylation is 1. The number of methoxy groups -OCH3 is 1. The molecule has 0 aliphatic carbocycles. The molecule has 1 aromatic rings. The van der Waals surface area contributed by atoms with Crippen molar-refractivity contribution in [3.63, 3.8) is 0 Å². The van der Waals surface area contributed by atoms with Crippen LogP contribution in [-0.2, 0) is 9.53 Å². The lowest BCUT2D eigenvalue weighted by Gasteiger charge is -2.16. The number of hydrogen-bond acceptors (Lipinski definition) is 2. The maximum atomic E-state index is 11.2. The fraction of sp³-hybridized carbons (Fsp3) is 0.417. The molecule has 0 saturated carbocycles. The largest absolute Gasteiger partial charge is 0.377 e. The fourth-order valence-corrected chi connectivity index (χ4v) is 1.51. The molecule has 1 N–H and O–H groups in total. The van der Waals surface area contributed by atoms with Crippen LogP contribution in [0.15, 0.2) is 18.2 Å². The Hall–Kier alpha value is -1.06. The van der Waals surface area contributed by atoms with E-state index < -0.39 is 0 Å². The molecule has 0 radical (unpaired) electrons. The van der Waals surface area contributed by atoms with E-state index in [0.717, 1.165) is 16.8 Å². The highest BCUT2D eigenvalue weighted by Crippen LogP contribution is 2.26. The van der Waals surface area contributed by atoms with Crippen molar-refractivity contribution in [3.05, 3.63) is 29.3 Å². The van der Waals surface area contributed by atoms with Gasteiger partial charge < -0.3 is 10.1 Å². The number of carbonyl (C=O) groups excluding carboxylic acids is 1. The highest BCUT2D eigenvalue weighted by Gasteiger charge is 2.11. The summed E-state index contributed by atoms with van der Waals surface area (Å²) in [4.78, 5) is 11.2. The molecule has 0 saturated heterocycles. The number of halogens is 1. The molecule has 3 nitrogen and oxygen atoms in total. The first kappa shape index (κ1) is 13.0. The summed E-state index contributed by atoms with van der Waals surface area (Å²) in [6.45, 7) is 3.93. The number of ether oxygens (including phenoxy) is 1. The molecule has 0 bridgehead atoms. The van der Waals surface area contributed by atoms with Crippen LogP contribution >= 0.6 is 11.6 Å². The average molecular weight is 242 g/mol. The van der Waals surface area contributed by atoms with Crippen molar-refractivity contribution in [3.8, 4) is 0 Å². The van der Waals surface area contributed by atoms with Crippen LogP contribution in [0.5, 0.6) is 0 Å². The van der Waals surface area contributed by atoms with Gasteiger partial charge in [-0.3, -0.25) is 4.79 Å². The second kappa shape index (κ2) is 5.87. The lowest BCUT2D eigenvalue weighted by atomic mass is 10.0. The molecular formula is C12H16ClNO2. The van der Waals surface area contributed by atoms with Gasteiger partial charge in [0.2, 0.25) is 5.91 Å². The Morgan fingerprint density at radius 2 is 2.25 bits per heavy atom. The molecule has 0 aromatic heterocycles. The quantitative estimate of drug-likeness (QED) is 0.824. The van der Waals surface area contributed by atoms with Crippen molar-refractivity contribution in [1.29, 1.82) is 0 Å². The van der Waals surface area contributed by atoms with Crippen LogP contribution in [-0.4, -0.2) is 18.9 Å². The summed E-state index contributed by atoms with van der Waals surface area (Å²) in [7, 11) is 1.64. The number of nitrogens with one attached hydrogen (secondary N) is 1. The summed E-state index contributed by atoms with van der Waals surface area (Å²) in [5.41, 5.74) is 2.84. The minimum Gasteiger partial charge on any atom is -0.377 e. The van der Waals surface area contributed by atoms with Crippen molar-refractivity contribution < 1.29 is 9.53 Å². The van der Waals surface area contributed by atoms with Crippen LogP contribution in [0.2, 0.25) is 0 Å². The third-order valence-electron chi connectivity index (χ3n) is 2.39. The van der Waals surface area contributed by atoms with E-state index >= 15 is 0 Å². The molecular weight excluding hydrogens is 226 g/mol. The topological polar surface area (TPSA) is 38.3 Å². The second-order valence-electron chi connectivity index (χ2n) is 3.65. The molecule has 1 amide bonds. The first-order valence-electron chi connectivity index (χ1n) is 5.07. The van der Waals surface area contributed by atoms with Gasteiger partial charge in [0.25, 0.3) is 0 Å². The zero-order valence-electron chi connectivity index (χ0n) is 9.71. The summed E-state index contributed by atoms with van der Waals surface area (Å²) in [5, 5.41) is 2.75. The zero-order valence-corrected chi connectivity index (χ0v) is 10.5. The maximum Gasteiger partial charge on any atom is 0.239 e. The van der Waals surface area contributed by atoms with Gasteiger partial charge in [0.15, 0.2) is 0 Å². The first-order chi connectivity index (χ1) is 7.58. The Labute approximate surface area is 101 Å². The lowest BCUT2D eigenvalue weighted by molar-refractivity contribution is -0.113. The fourth-order valence-electron chi connectivity index (χ4n) is 1.44. The molecule has 1 unspecified atom stereocenters. The third-order valence-corrected chi connectivity index (χ3v) is 2.64. The van der Waals surface area contributed by atoms with Gasteiger partial charge in [-0.2, -0.15) is 0 Å². The monoisotopic (exact) mass is 241 g/mol. The predicted molar refractivity (Wildman–Crippen MR) is 66.0 cm³/mol. The van der Waals surface area contributed by atoms with E-state index in [-0.39, 0.29) is 17.9 Å². The molecule has 4 heteroatoms. The van der Waals surface area contributed by atoms with E-state index in [1.54, 1.807) is 7.11 Å². The van der Waals surface area contributed by atoms with Crippen LogP contribution < -0.4 is 5.32 Å². The minimum absolute atomic E-state index is 0.0469. The minimum atomic E-state index is -0.213. The molecule has 0 spiro atoms. The Bertz CT molecular complexity index is 379. The van der Waals surface area contributed by atoms with Gasteiger partial charge in [-0.1, -0.05) is 17.7 Å². The van der Waals surface area contributed by atoms with Crippen molar-refractivity contribution >= 4 is 23.2 Å². The number of amides is 1. The molecule has 1 rings (SSSR count). The predicted octanol–water partition coefficient (Wildman–Crippen LogP) is 2.88. The van der Waals surface area contributed by atoms with E-state index in [0.29, 0.717) is 0 Å². The number of anilines is 1. The van der Waals surface area contributed by atoms with E-state index in [1.807, 2.05) is 32.0 Å². The Balaban J connectivity index is 3.02. The number of hydrogen-bond donors (Lipinski definition) is 1. The Morgan fingerprint density at radius 3 is 2.81 bits per heavy atom. The van der Waals surface area contributed by atoms with Crippen molar-refractivity contribution in [2.45, 2.75) is 20.0 Å². The normalized spacial score (nSPS) is 12.2. The average Bonchev–Trinajstić information content (AvgIpc) is 2.30. The van der Waals surface area contributed by atoms with Crippen LogP contribution in [0, 0.1) is 6.92 Å². The summed E-state index contributed by atoms with van der Waals surface area (Å²) < 4.78 is 5.26. The molecule has 0 aliphatic heterocycles. The van der Waals surface area contributed by atoms with Crippen LogP contribution in [0.25, 0.3) is 0 Å². The van der Waals surface area contributed by atoms with E-state index in [1.165, 1.54) is 0 Å². The lowest BCUT2D eigenvalue weighted by Crippen LogP contribution is -2.15. The second-order valence-corrected chi connectivity index (χ2v) is 3.92. The summed E-state index contributed by atoms with van der Waals surface area (Å²) in [6, 6.07) is 5.80. The number of rotatable bonds is 4. The molecule has 16 heavy (non-hydrogen) atoms. The molecule has 88 valence electrons. The molecule has 0 aliphatic rings. The summed E-state index contributed by atoms with van der Waals surface area (Å²) in [6.07, 6.45) is -0.0643. The van der Waals surface area contributed by atoms with Crippen LogP contribution in [0.1, 0.15) is 24.2 Å². The summed E-state index contributed by atoms with van der Waals surface area (Å²) >= 11 is 5.46. The highest BCUT2D eigenvalue weighted by molar-refractivity contribution is 6.29. The van der Waals surface area contributed by atoms with E-state index in [4.69, 9.17) is 16.3 Å². The van der Waals surface area contributed by atoms with E-state index in [2.05, 4.69) is 5.32 Å². The van der Waals surface area contributed by atoms with Gasteiger partial charge in [-0.25, -0.2) is 0 Å². The number of benzene rings is 1. The van der Waals surface area contributed by atoms with Crippen molar-refractivity contribution in [2.24, 2.45) is 0 Å². The van der Waals surface area contributed by atoms with Gasteiger partial charge in [-0.05, 0) is 19.9 Å². The van der Waals surface area contributed by atoms with Crippen LogP contribution in [0.4, 0.5) is 5.69 Å². The van der Waals surface area contributed by atoms with E-state index in [9.17, 15) is 4.79 Å². The SMILES string of the molecule is COC(C)c1cc(C)ccc1NC(=O)CCl. The molecule has 1 aromatic carbocycles. The van der Waals surface area contributed by atoms with Crippen molar-refractivity contribution in [2.75, 3.05) is 18.3 Å². The molecule has 0 fully saturated rings. The van der Waals surface area contributed by atoms with Crippen LogP contribution in [0.3, 0.4) is 0 Å². The van der Waals surface area contributed by atoms with Gasteiger partial charge in [-0.15, -0.1) is 11.6 Å². The zero-order chi connectivity index (χ0) is 12.1. The standard InChI is InChI=1S/C12H16ClNO2/c1-8-4-5-11(14-12(15)7-13)10(6-8)9(2)16-3/h4-6,9H,7H2,1-3H3,(H,14,15). The van der Waals surface area contributed by atoms with Gasteiger partial charge in [0.05, 0.1) is 6.10 Å². The maximum absolute atomic E-state index is 11.2. The highest BCUT2D eigenvalue weighted by atomic mass is 35.5. The van der Waals surface area contributed by atoms with Gasteiger partial charge >= 0.3 is 0 Å². The Morgan fingerprint density at radius 1 is 1.56 bits per heavy atom. The molecule has 1 atom stereocenters. The Kier molecular flexibility index (Phi) is 4.77. The number of carbonyl (C=O) groups is 1.